The highest BCUT2D eigenvalue weighted by molar-refractivity contribution is 5.74. The monoisotopic (exact) mass is 413 g/mol. The molecule has 27 heavy (non-hydrogen) atoms. The van der Waals surface area contributed by atoms with E-state index in [2.05, 4.69) is 51.5 Å². The molecule has 0 aromatic heterocycles. The van der Waals surface area contributed by atoms with Crippen LogP contribution in [0.3, 0.4) is 0 Å². The fourth-order valence-corrected chi connectivity index (χ4v) is 1.63. The number of aliphatic carboxylic acids is 1. The van der Waals surface area contributed by atoms with Crippen LogP contribution in [0.4, 0.5) is 39.5 Å². The van der Waals surface area contributed by atoms with E-state index < -0.39 is 29.9 Å². The van der Waals surface area contributed by atoms with Crippen molar-refractivity contribution in [3.63, 3.8) is 0 Å². The Kier molecular flexibility index (Phi) is 7.36. The number of carbonyl (C=O) groups is 1. The highest BCUT2D eigenvalue weighted by Crippen LogP contribution is 2.52. The topological polar surface area (TPSA) is 40.1 Å². The van der Waals surface area contributed by atoms with Crippen molar-refractivity contribution in [2.75, 3.05) is 21.1 Å². The number of nitrogens with zero attached hydrogens (tertiary/aromatic N) is 1. The van der Waals surface area contributed by atoms with E-state index in [1.165, 1.54) is 5.56 Å². The van der Waals surface area contributed by atoms with Gasteiger partial charge in [0.25, 0.3) is 0 Å². The normalized spacial score (nSPS) is 13.6. The fraction of sp³-hybridized carbons (Fsp3) is 0.533. The first-order valence-electron chi connectivity index (χ1n) is 7.03. The largest absolute Gasteiger partial charge is 0.544 e. The molecule has 0 aliphatic heterocycles. The molecule has 0 fully saturated rings. The minimum atomic E-state index is -7.20. The second-order valence-electron chi connectivity index (χ2n) is 6.44. The van der Waals surface area contributed by atoms with E-state index in [-0.39, 0.29) is 0 Å². The molecule has 0 atom stereocenters. The van der Waals surface area contributed by atoms with E-state index in [9.17, 15) is 49.4 Å². The van der Waals surface area contributed by atoms with Crippen LogP contribution in [-0.4, -0.2) is 55.5 Å². The molecule has 1 aromatic rings. The third-order valence-electron chi connectivity index (χ3n) is 2.90. The molecule has 0 bridgehead atoms. The van der Waals surface area contributed by atoms with E-state index in [1.54, 1.807) is 0 Å². The molecular weight excluding hydrogens is 397 g/mol. The molecule has 156 valence electrons. The van der Waals surface area contributed by atoms with Gasteiger partial charge in [-0.05, 0) is 0 Å². The summed E-state index contributed by atoms with van der Waals surface area (Å²) in [4.78, 5) is 9.40. The van der Waals surface area contributed by atoms with Gasteiger partial charge in [0.1, 0.15) is 12.5 Å². The lowest BCUT2D eigenvalue weighted by Crippen LogP contribution is -2.65. The number of alkyl halides is 9. The molecule has 0 heterocycles. The minimum Gasteiger partial charge on any atom is -0.544 e. The lowest BCUT2D eigenvalue weighted by molar-refractivity contribution is -0.884. The number of hydrogen-bond donors (Lipinski definition) is 0. The van der Waals surface area contributed by atoms with Crippen molar-refractivity contribution in [1.82, 2.24) is 0 Å². The molecule has 3 nitrogen and oxygen atoms in total. The number of benzene rings is 1. The molecule has 12 heteroatoms. The number of halogens is 9. The third kappa shape index (κ3) is 6.01. The van der Waals surface area contributed by atoms with Gasteiger partial charge in [-0.25, -0.2) is 0 Å². The van der Waals surface area contributed by atoms with Gasteiger partial charge in [0.15, 0.2) is 0 Å². The van der Waals surface area contributed by atoms with E-state index in [4.69, 9.17) is 0 Å². The lowest BCUT2D eigenvalue weighted by Gasteiger charge is -2.33. The fourth-order valence-electron chi connectivity index (χ4n) is 1.63. The average Bonchev–Trinajstić information content (AvgIpc) is 2.45. The predicted molar refractivity (Wildman–Crippen MR) is 74.1 cm³/mol. The number of rotatable bonds is 5. The van der Waals surface area contributed by atoms with Crippen LogP contribution >= 0.6 is 0 Å². The zero-order valence-corrected chi connectivity index (χ0v) is 14.3. The van der Waals surface area contributed by atoms with Gasteiger partial charge in [0.2, 0.25) is 0 Å². The van der Waals surface area contributed by atoms with Crippen molar-refractivity contribution in [3.8, 4) is 0 Å². The summed E-state index contributed by atoms with van der Waals surface area (Å²) < 4.78 is 107. The lowest BCUT2D eigenvalue weighted by atomic mass is 10.0. The van der Waals surface area contributed by atoms with Gasteiger partial charge < -0.3 is 14.4 Å². The molecule has 0 N–H and O–H groups in total. The van der Waals surface area contributed by atoms with Gasteiger partial charge in [-0.1, -0.05) is 30.3 Å². The van der Waals surface area contributed by atoms with Crippen LogP contribution in [0.15, 0.2) is 30.3 Å². The molecular formula is C15H16F9NO2. The Labute approximate surface area is 148 Å². The maximum atomic E-state index is 12.1. The number of carboxylic acids is 1. The highest BCUT2D eigenvalue weighted by Gasteiger charge is 2.82. The Morgan fingerprint density at radius 2 is 1.26 bits per heavy atom. The second-order valence-corrected chi connectivity index (χ2v) is 6.44. The summed E-state index contributed by atoms with van der Waals surface area (Å²) in [7, 11) is 6.60. The van der Waals surface area contributed by atoms with Gasteiger partial charge >= 0.3 is 23.9 Å². The van der Waals surface area contributed by atoms with Gasteiger partial charge in [0, 0.05) is 5.56 Å². The first-order valence-corrected chi connectivity index (χ1v) is 7.03. The van der Waals surface area contributed by atoms with Crippen LogP contribution < -0.4 is 5.11 Å². The zero-order valence-electron chi connectivity index (χ0n) is 14.3. The summed E-state index contributed by atoms with van der Waals surface area (Å²) in [5.41, 5.74) is 1.40. The Hall–Kier alpha value is -1.98. The van der Waals surface area contributed by atoms with Crippen molar-refractivity contribution in [2.24, 2.45) is 0 Å². The van der Waals surface area contributed by atoms with E-state index in [1.807, 2.05) is 0 Å². The molecule has 1 aromatic carbocycles. The highest BCUT2D eigenvalue weighted by atomic mass is 19.4. The number of carboxylic acid groups (broad SMARTS) is 1. The second kappa shape index (κ2) is 7.95. The Morgan fingerprint density at radius 1 is 0.852 bits per heavy atom. The molecule has 0 unspecified atom stereocenters. The van der Waals surface area contributed by atoms with Crippen molar-refractivity contribution < 1.29 is 53.9 Å². The van der Waals surface area contributed by atoms with Crippen LogP contribution in [0, 0.1) is 0 Å². The summed E-state index contributed by atoms with van der Waals surface area (Å²) >= 11 is 0. The molecule has 0 saturated heterocycles. The SMILES string of the molecule is C[N+](C)(C)Cc1ccccc1.O=C([O-])C(F)(F)C(F)(F)C(F)(F)C(F)(F)F. The van der Waals surface area contributed by atoms with Crippen molar-refractivity contribution in [2.45, 2.75) is 30.5 Å². The zero-order chi connectivity index (χ0) is 21.9. The van der Waals surface area contributed by atoms with Gasteiger partial charge in [-0.2, -0.15) is 39.5 Å². The van der Waals surface area contributed by atoms with Gasteiger partial charge in [-0.3, -0.25) is 0 Å². The van der Waals surface area contributed by atoms with E-state index >= 15 is 0 Å². The standard InChI is InChI=1S/C10H16N.C5HF9O2/c1-11(2,3)9-10-7-5-4-6-8-10;6-2(7,1(15)16)3(8,9)4(10,11)5(12,13)14/h4-8H,9H2,1-3H3;(H,15,16)/q+1;/p-1. The van der Waals surface area contributed by atoms with Crippen LogP contribution in [-0.2, 0) is 11.3 Å². The van der Waals surface area contributed by atoms with Crippen LogP contribution in [0.2, 0.25) is 0 Å². The predicted octanol–water partition coefficient (Wildman–Crippen LogP) is 3.10. The Morgan fingerprint density at radius 3 is 1.56 bits per heavy atom. The minimum absolute atomic E-state index is 0.990. The van der Waals surface area contributed by atoms with E-state index in [0.29, 0.717) is 0 Å². The number of hydrogen-bond acceptors (Lipinski definition) is 2. The molecule has 0 radical (unpaired) electrons. The molecule has 0 saturated carbocycles. The van der Waals surface area contributed by atoms with Gasteiger partial charge in [0.05, 0.1) is 21.1 Å². The summed E-state index contributed by atoms with van der Waals surface area (Å²) in [5.74, 6) is -25.1. The molecule has 0 aliphatic carbocycles. The average molecular weight is 413 g/mol. The number of quaternary nitrogens is 1. The van der Waals surface area contributed by atoms with Crippen molar-refractivity contribution in [3.05, 3.63) is 35.9 Å². The first kappa shape index (κ1) is 25.0. The molecule has 0 amide bonds. The van der Waals surface area contributed by atoms with Crippen LogP contribution in [0.25, 0.3) is 0 Å². The summed E-state index contributed by atoms with van der Waals surface area (Å²) in [6.45, 7) is 1.10. The number of carbonyl (C=O) groups excluding carboxylic acids is 1. The summed E-state index contributed by atoms with van der Waals surface area (Å²) in [5, 5.41) is 9.40. The van der Waals surface area contributed by atoms with Gasteiger partial charge in [-0.15, -0.1) is 0 Å². The maximum Gasteiger partial charge on any atom is 0.460 e. The smallest absolute Gasteiger partial charge is 0.460 e. The maximum absolute atomic E-state index is 12.1. The molecule has 0 aliphatic rings. The third-order valence-corrected chi connectivity index (χ3v) is 2.90. The van der Waals surface area contributed by atoms with E-state index in [0.717, 1.165) is 11.0 Å². The molecule has 1 rings (SSSR count). The Balaban J connectivity index is 0.000000533. The Bertz CT molecular complexity index is 622. The quantitative estimate of drug-likeness (QED) is 0.550. The first-order chi connectivity index (χ1) is 11.8. The van der Waals surface area contributed by atoms with Crippen LogP contribution in [0.5, 0.6) is 0 Å². The van der Waals surface area contributed by atoms with Crippen molar-refractivity contribution in [1.29, 1.82) is 0 Å². The molecule has 0 spiro atoms. The van der Waals surface area contributed by atoms with Crippen molar-refractivity contribution >= 4 is 5.97 Å². The van der Waals surface area contributed by atoms with Crippen LogP contribution in [0.1, 0.15) is 5.56 Å². The summed E-state index contributed by atoms with van der Waals surface area (Å²) in [6, 6.07) is 10.6. The summed E-state index contributed by atoms with van der Waals surface area (Å²) in [6.07, 6.45) is -7.03.